The minimum absolute atomic E-state index is 0.108. The second-order valence-electron chi connectivity index (χ2n) is 6.75. The summed E-state index contributed by atoms with van der Waals surface area (Å²) in [5.74, 6) is 0.913. The molecule has 1 amide bonds. The lowest BCUT2D eigenvalue weighted by atomic mass is 10.1. The van der Waals surface area contributed by atoms with Crippen LogP contribution in [0.15, 0.2) is 48.5 Å². The van der Waals surface area contributed by atoms with Gasteiger partial charge in [0.05, 0.1) is 43.0 Å². The number of nitrogens with zero attached hydrogens (tertiary/aromatic N) is 2. The van der Waals surface area contributed by atoms with Crippen molar-refractivity contribution in [3.8, 4) is 5.75 Å². The Hall–Kier alpha value is -2.44. The minimum atomic E-state index is 0.108. The molecule has 0 bridgehead atoms. The van der Waals surface area contributed by atoms with E-state index in [0.29, 0.717) is 6.61 Å². The van der Waals surface area contributed by atoms with Crippen molar-refractivity contribution in [3.05, 3.63) is 59.1 Å². The summed E-state index contributed by atoms with van der Waals surface area (Å²) < 4.78 is 6.69. The van der Waals surface area contributed by atoms with Crippen LogP contribution in [0.4, 0.5) is 0 Å². The van der Waals surface area contributed by atoms with Crippen LogP contribution in [-0.4, -0.2) is 48.6 Å². The van der Waals surface area contributed by atoms with Gasteiger partial charge in [-0.05, 0) is 43.3 Å². The Kier molecular flexibility index (Phi) is 5.36. The van der Waals surface area contributed by atoms with Crippen LogP contribution in [0, 0.1) is 0 Å². The van der Waals surface area contributed by atoms with E-state index in [1.807, 2.05) is 42.2 Å². The average molecular weight is 383 g/mol. The summed E-state index contributed by atoms with van der Waals surface area (Å²) in [5, 5.41) is 1.18. The van der Waals surface area contributed by atoms with Gasteiger partial charge in [0.25, 0.3) is 5.91 Å². The van der Waals surface area contributed by atoms with Crippen LogP contribution in [0.25, 0.3) is 10.2 Å². The fourth-order valence-corrected chi connectivity index (χ4v) is 4.49. The first-order valence-corrected chi connectivity index (χ1v) is 10.2. The number of para-hydroxylation sites is 1. The number of rotatable bonds is 5. The number of benzene rings is 2. The molecular weight excluding hydrogens is 358 g/mol. The Bertz CT molecular complexity index is 882. The summed E-state index contributed by atoms with van der Waals surface area (Å²) in [5.41, 5.74) is 1.81. The lowest BCUT2D eigenvalue weighted by Gasteiger charge is -2.31. The fraction of sp³-hybridized carbons (Fsp3) is 0.333. The third kappa shape index (κ3) is 4.12. The highest BCUT2D eigenvalue weighted by Gasteiger charge is 2.25. The molecule has 1 saturated heterocycles. The summed E-state index contributed by atoms with van der Waals surface area (Å²) >= 11 is 1.78. The van der Waals surface area contributed by atoms with Crippen LogP contribution >= 0.6 is 11.3 Å². The molecule has 1 aliphatic rings. The van der Waals surface area contributed by atoms with E-state index in [1.54, 1.807) is 11.3 Å². The van der Waals surface area contributed by atoms with Crippen molar-refractivity contribution in [2.75, 3.05) is 32.8 Å². The predicted octanol–water partition coefficient (Wildman–Crippen LogP) is 2.24. The van der Waals surface area contributed by atoms with Crippen molar-refractivity contribution >= 4 is 27.5 Å². The van der Waals surface area contributed by atoms with Gasteiger partial charge in [-0.2, -0.15) is 0 Å². The maximum Gasteiger partial charge on any atom is 0.254 e. The zero-order valence-electron chi connectivity index (χ0n) is 15.5. The predicted molar refractivity (Wildman–Crippen MR) is 108 cm³/mol. The molecule has 1 fully saturated rings. The van der Waals surface area contributed by atoms with Crippen LogP contribution in [0.2, 0.25) is 0 Å². The first-order chi connectivity index (χ1) is 13.2. The van der Waals surface area contributed by atoms with E-state index >= 15 is 0 Å². The number of carbonyl (C=O) groups is 1. The first-order valence-electron chi connectivity index (χ1n) is 9.43. The van der Waals surface area contributed by atoms with Gasteiger partial charge in [-0.3, -0.25) is 4.79 Å². The van der Waals surface area contributed by atoms with Crippen molar-refractivity contribution < 1.29 is 14.4 Å². The molecule has 1 aliphatic heterocycles. The van der Waals surface area contributed by atoms with E-state index in [2.05, 4.69) is 18.2 Å². The van der Waals surface area contributed by atoms with E-state index in [9.17, 15) is 4.79 Å². The van der Waals surface area contributed by atoms with Crippen molar-refractivity contribution in [3.63, 3.8) is 0 Å². The first kappa shape index (κ1) is 17.9. The number of aromatic nitrogens is 1. The van der Waals surface area contributed by atoms with E-state index < -0.39 is 0 Å². The van der Waals surface area contributed by atoms with Crippen LogP contribution in [0.1, 0.15) is 22.3 Å². The normalized spacial score (nSPS) is 15.2. The van der Waals surface area contributed by atoms with Gasteiger partial charge < -0.3 is 14.5 Å². The van der Waals surface area contributed by atoms with Gasteiger partial charge in [-0.1, -0.05) is 12.1 Å². The van der Waals surface area contributed by atoms with E-state index in [-0.39, 0.29) is 5.91 Å². The molecule has 0 radical (unpaired) electrons. The lowest BCUT2D eigenvalue weighted by molar-refractivity contribution is -0.917. The second kappa shape index (κ2) is 8.06. The molecule has 4 rings (SSSR count). The smallest absolute Gasteiger partial charge is 0.254 e. The van der Waals surface area contributed by atoms with Crippen LogP contribution < -0.4 is 9.64 Å². The highest BCUT2D eigenvalue weighted by Crippen LogP contribution is 2.20. The highest BCUT2D eigenvalue weighted by molar-refractivity contribution is 7.18. The number of hydrogen-bond donors (Lipinski definition) is 1. The van der Waals surface area contributed by atoms with E-state index in [1.165, 1.54) is 14.6 Å². The molecular formula is C21H24N3O2S+. The number of piperazine rings is 1. The molecule has 140 valence electrons. The SMILES string of the molecule is CCOc1ccc(C(=O)N2CC[NH+](Cc3nc4ccccc4s3)CC2)cc1. The number of carbonyl (C=O) groups excluding carboxylic acids is 1. The van der Waals surface area contributed by atoms with E-state index in [4.69, 9.17) is 9.72 Å². The lowest BCUT2D eigenvalue weighted by Crippen LogP contribution is -3.13. The fourth-order valence-electron chi connectivity index (χ4n) is 3.46. The molecule has 6 heteroatoms. The Morgan fingerprint density at radius 2 is 1.89 bits per heavy atom. The monoisotopic (exact) mass is 382 g/mol. The standard InChI is InChI=1S/C21H23N3O2S/c1-2-26-17-9-7-16(8-10-17)21(25)24-13-11-23(12-14-24)15-20-22-18-5-3-4-6-19(18)27-20/h3-10H,2,11-15H2,1H3/p+1. The van der Waals surface area contributed by atoms with E-state index in [0.717, 1.165) is 49.6 Å². The van der Waals surface area contributed by atoms with Crippen LogP contribution in [0.5, 0.6) is 5.75 Å². The van der Waals surface area contributed by atoms with Gasteiger partial charge in [0.2, 0.25) is 0 Å². The van der Waals surface area contributed by atoms with Gasteiger partial charge in [0.1, 0.15) is 17.3 Å². The summed E-state index contributed by atoms with van der Waals surface area (Å²) in [6.45, 7) is 7.00. The van der Waals surface area contributed by atoms with Gasteiger partial charge in [0, 0.05) is 5.56 Å². The number of quaternary nitrogens is 1. The topological polar surface area (TPSA) is 46.9 Å². The number of ether oxygens (including phenoxy) is 1. The number of fused-ring (bicyclic) bond motifs is 1. The molecule has 0 atom stereocenters. The zero-order chi connectivity index (χ0) is 18.6. The molecule has 0 unspecified atom stereocenters. The highest BCUT2D eigenvalue weighted by atomic mass is 32.1. The maximum absolute atomic E-state index is 12.7. The maximum atomic E-state index is 12.7. The third-order valence-electron chi connectivity index (χ3n) is 4.91. The molecule has 27 heavy (non-hydrogen) atoms. The number of nitrogens with one attached hydrogen (secondary N) is 1. The number of thiazole rings is 1. The Morgan fingerprint density at radius 3 is 2.59 bits per heavy atom. The average Bonchev–Trinajstić information content (AvgIpc) is 3.11. The van der Waals surface area contributed by atoms with Crippen LogP contribution in [-0.2, 0) is 6.54 Å². The summed E-state index contributed by atoms with van der Waals surface area (Å²) in [6.07, 6.45) is 0. The van der Waals surface area contributed by atoms with Gasteiger partial charge >= 0.3 is 0 Å². The number of hydrogen-bond acceptors (Lipinski definition) is 4. The molecule has 0 spiro atoms. The Balaban J connectivity index is 1.33. The molecule has 1 N–H and O–H groups in total. The van der Waals surface area contributed by atoms with Gasteiger partial charge in [-0.15, -0.1) is 11.3 Å². The quantitative estimate of drug-likeness (QED) is 0.736. The van der Waals surface area contributed by atoms with Crippen molar-refractivity contribution in [2.45, 2.75) is 13.5 Å². The molecule has 5 nitrogen and oxygen atoms in total. The molecule has 1 aromatic heterocycles. The second-order valence-corrected chi connectivity index (χ2v) is 7.87. The van der Waals surface area contributed by atoms with Gasteiger partial charge in [0.15, 0.2) is 0 Å². The van der Waals surface area contributed by atoms with Crippen molar-refractivity contribution in [1.29, 1.82) is 0 Å². The Labute approximate surface area is 163 Å². The van der Waals surface area contributed by atoms with Crippen molar-refractivity contribution in [1.82, 2.24) is 9.88 Å². The molecule has 2 aromatic carbocycles. The van der Waals surface area contributed by atoms with Crippen molar-refractivity contribution in [2.24, 2.45) is 0 Å². The minimum Gasteiger partial charge on any atom is -0.494 e. The summed E-state index contributed by atoms with van der Waals surface area (Å²) in [7, 11) is 0. The summed E-state index contributed by atoms with van der Waals surface area (Å²) in [4.78, 5) is 20.9. The third-order valence-corrected chi connectivity index (χ3v) is 5.95. The molecule has 2 heterocycles. The van der Waals surface area contributed by atoms with Crippen LogP contribution in [0.3, 0.4) is 0 Å². The zero-order valence-corrected chi connectivity index (χ0v) is 16.3. The molecule has 0 aliphatic carbocycles. The largest absolute Gasteiger partial charge is 0.494 e. The summed E-state index contributed by atoms with van der Waals surface area (Å²) in [6, 6.07) is 15.7. The molecule has 3 aromatic rings. The van der Waals surface area contributed by atoms with Gasteiger partial charge in [-0.25, -0.2) is 4.98 Å². The molecule has 0 saturated carbocycles. The Morgan fingerprint density at radius 1 is 1.15 bits per heavy atom. The number of amides is 1.